The fourth-order valence-corrected chi connectivity index (χ4v) is 3.77. The first kappa shape index (κ1) is 15.7. The third kappa shape index (κ3) is 3.27. The minimum atomic E-state index is -3.65. The molecule has 1 aromatic carbocycles. The van der Waals surface area contributed by atoms with Gasteiger partial charge in [-0.2, -0.15) is 4.31 Å². The molecule has 2 aromatic rings. The van der Waals surface area contributed by atoms with Crippen LogP contribution >= 0.6 is 0 Å². The Labute approximate surface area is 132 Å². The Hall–Kier alpha value is -2.19. The Morgan fingerprint density at radius 1 is 1.22 bits per heavy atom. The van der Waals surface area contributed by atoms with Crippen molar-refractivity contribution in [3.05, 3.63) is 58.4 Å². The van der Waals surface area contributed by atoms with E-state index in [1.807, 2.05) is 0 Å². The highest BCUT2D eigenvalue weighted by atomic mass is 32.2. The van der Waals surface area contributed by atoms with Gasteiger partial charge in [0.1, 0.15) is 23.4 Å². The van der Waals surface area contributed by atoms with Crippen LogP contribution in [0.3, 0.4) is 0 Å². The number of nitrogens with zero attached hydrogens (tertiary/aromatic N) is 1. The SMILES string of the molecule is Cc1cc(OC2CN(S(=O)(=O)c3ccc(F)cc3)C2)cc(=O)o1. The number of halogens is 1. The molecule has 1 aliphatic rings. The zero-order chi connectivity index (χ0) is 16.6. The maximum absolute atomic E-state index is 12.9. The predicted molar refractivity (Wildman–Crippen MR) is 79.3 cm³/mol. The van der Waals surface area contributed by atoms with E-state index in [2.05, 4.69) is 0 Å². The molecule has 2 heterocycles. The van der Waals surface area contributed by atoms with Crippen molar-refractivity contribution in [1.82, 2.24) is 4.31 Å². The smallest absolute Gasteiger partial charge is 0.339 e. The molecule has 0 bridgehead atoms. The van der Waals surface area contributed by atoms with Crippen molar-refractivity contribution >= 4 is 10.0 Å². The molecule has 0 unspecified atom stereocenters. The second-order valence-corrected chi connectivity index (χ2v) is 7.18. The van der Waals surface area contributed by atoms with Crippen LogP contribution in [0.5, 0.6) is 5.75 Å². The molecule has 0 spiro atoms. The monoisotopic (exact) mass is 339 g/mol. The van der Waals surface area contributed by atoms with E-state index in [1.165, 1.54) is 22.5 Å². The molecule has 0 saturated carbocycles. The van der Waals surface area contributed by atoms with E-state index in [9.17, 15) is 17.6 Å². The Kier molecular flexibility index (Phi) is 3.95. The summed E-state index contributed by atoms with van der Waals surface area (Å²) < 4.78 is 49.1. The molecule has 1 fully saturated rings. The van der Waals surface area contributed by atoms with Crippen molar-refractivity contribution < 1.29 is 22.0 Å². The molecule has 0 radical (unpaired) electrons. The highest BCUT2D eigenvalue weighted by molar-refractivity contribution is 7.89. The number of hydrogen-bond donors (Lipinski definition) is 0. The summed E-state index contributed by atoms with van der Waals surface area (Å²) >= 11 is 0. The Morgan fingerprint density at radius 2 is 1.87 bits per heavy atom. The summed E-state index contributed by atoms with van der Waals surface area (Å²) in [4.78, 5) is 11.3. The number of hydrogen-bond acceptors (Lipinski definition) is 5. The van der Waals surface area contributed by atoms with Crippen LogP contribution in [0.4, 0.5) is 4.39 Å². The van der Waals surface area contributed by atoms with E-state index in [1.54, 1.807) is 13.0 Å². The minimum absolute atomic E-state index is 0.0357. The van der Waals surface area contributed by atoms with Crippen molar-refractivity contribution in [2.24, 2.45) is 0 Å². The molecule has 1 saturated heterocycles. The molecule has 8 heteroatoms. The lowest BCUT2D eigenvalue weighted by atomic mass is 10.2. The van der Waals surface area contributed by atoms with Crippen molar-refractivity contribution in [2.45, 2.75) is 17.9 Å². The van der Waals surface area contributed by atoms with E-state index >= 15 is 0 Å². The van der Waals surface area contributed by atoms with Crippen LogP contribution in [-0.2, 0) is 10.0 Å². The minimum Gasteiger partial charge on any atom is -0.487 e. The van der Waals surface area contributed by atoms with Gasteiger partial charge in [0.25, 0.3) is 0 Å². The summed E-state index contributed by atoms with van der Waals surface area (Å²) in [5, 5.41) is 0. The van der Waals surface area contributed by atoms with Crippen molar-refractivity contribution in [1.29, 1.82) is 0 Å². The van der Waals surface area contributed by atoms with E-state index in [-0.39, 0.29) is 24.1 Å². The number of sulfonamides is 1. The van der Waals surface area contributed by atoms with Gasteiger partial charge >= 0.3 is 5.63 Å². The predicted octanol–water partition coefficient (Wildman–Crippen LogP) is 1.54. The van der Waals surface area contributed by atoms with Gasteiger partial charge in [0.15, 0.2) is 0 Å². The van der Waals surface area contributed by atoms with Crippen LogP contribution in [0.25, 0.3) is 0 Å². The lowest BCUT2D eigenvalue weighted by molar-refractivity contribution is 0.0754. The molecular weight excluding hydrogens is 325 g/mol. The Morgan fingerprint density at radius 3 is 2.48 bits per heavy atom. The first-order valence-corrected chi connectivity index (χ1v) is 8.33. The number of ether oxygens (including phenoxy) is 1. The van der Waals surface area contributed by atoms with Crippen LogP contribution in [0.15, 0.2) is 50.5 Å². The van der Waals surface area contributed by atoms with Gasteiger partial charge in [-0.05, 0) is 31.2 Å². The third-order valence-electron chi connectivity index (χ3n) is 3.44. The first-order chi connectivity index (χ1) is 10.8. The van der Waals surface area contributed by atoms with Gasteiger partial charge < -0.3 is 9.15 Å². The van der Waals surface area contributed by atoms with Gasteiger partial charge in [-0.1, -0.05) is 0 Å². The molecule has 3 rings (SSSR count). The van der Waals surface area contributed by atoms with Gasteiger partial charge in [-0.25, -0.2) is 17.6 Å². The fraction of sp³-hybridized carbons (Fsp3) is 0.267. The second kappa shape index (κ2) is 5.78. The summed E-state index contributed by atoms with van der Waals surface area (Å²) in [7, 11) is -3.65. The summed E-state index contributed by atoms with van der Waals surface area (Å²) in [6, 6.07) is 7.44. The molecule has 0 aliphatic carbocycles. The van der Waals surface area contributed by atoms with Gasteiger partial charge in [-0.15, -0.1) is 0 Å². The number of benzene rings is 1. The van der Waals surface area contributed by atoms with Crippen LogP contribution < -0.4 is 10.4 Å². The van der Waals surface area contributed by atoms with Crippen molar-refractivity contribution in [2.75, 3.05) is 13.1 Å². The van der Waals surface area contributed by atoms with Gasteiger partial charge in [0.05, 0.1) is 24.1 Å². The Bertz CT molecular complexity index is 869. The fourth-order valence-electron chi connectivity index (χ4n) is 2.26. The molecule has 1 aromatic heterocycles. The third-order valence-corrected chi connectivity index (χ3v) is 5.28. The molecular formula is C15H14FNO5S. The molecule has 23 heavy (non-hydrogen) atoms. The topological polar surface area (TPSA) is 76.8 Å². The van der Waals surface area contributed by atoms with Gasteiger partial charge in [0.2, 0.25) is 10.0 Å². The van der Waals surface area contributed by atoms with Crippen LogP contribution in [-0.4, -0.2) is 31.9 Å². The molecule has 122 valence electrons. The summed E-state index contributed by atoms with van der Waals surface area (Å²) in [5.41, 5.74) is -0.518. The number of aryl methyl sites for hydroxylation is 1. The van der Waals surface area contributed by atoms with E-state index < -0.39 is 21.5 Å². The largest absolute Gasteiger partial charge is 0.487 e. The maximum atomic E-state index is 12.9. The van der Waals surface area contributed by atoms with E-state index in [4.69, 9.17) is 9.15 Å². The average Bonchev–Trinajstić information content (AvgIpc) is 2.41. The lowest BCUT2D eigenvalue weighted by Crippen LogP contribution is -2.55. The molecule has 1 aliphatic heterocycles. The maximum Gasteiger partial charge on any atom is 0.339 e. The van der Waals surface area contributed by atoms with Crippen LogP contribution in [0, 0.1) is 12.7 Å². The van der Waals surface area contributed by atoms with Crippen molar-refractivity contribution in [3.63, 3.8) is 0 Å². The van der Waals surface area contributed by atoms with E-state index in [0.717, 1.165) is 12.1 Å². The molecule has 6 nitrogen and oxygen atoms in total. The highest BCUT2D eigenvalue weighted by Crippen LogP contribution is 2.24. The zero-order valence-corrected chi connectivity index (χ0v) is 13.0. The van der Waals surface area contributed by atoms with Gasteiger partial charge in [-0.3, -0.25) is 0 Å². The normalized spacial score (nSPS) is 16.1. The quantitative estimate of drug-likeness (QED) is 0.844. The molecule has 0 atom stereocenters. The van der Waals surface area contributed by atoms with Gasteiger partial charge in [0, 0.05) is 6.07 Å². The Balaban J connectivity index is 1.66. The summed E-state index contributed by atoms with van der Waals surface area (Å²) in [6.45, 7) is 1.96. The summed E-state index contributed by atoms with van der Waals surface area (Å²) in [5.74, 6) is 0.275. The summed E-state index contributed by atoms with van der Waals surface area (Å²) in [6.07, 6.45) is -0.341. The van der Waals surface area contributed by atoms with Crippen LogP contribution in [0.1, 0.15) is 5.76 Å². The molecule has 0 N–H and O–H groups in total. The van der Waals surface area contributed by atoms with Crippen molar-refractivity contribution in [3.8, 4) is 5.75 Å². The second-order valence-electron chi connectivity index (χ2n) is 5.24. The number of rotatable bonds is 4. The standard InChI is InChI=1S/C15H14FNO5S/c1-10-6-12(7-15(18)21-10)22-13-8-17(9-13)23(19,20)14-4-2-11(16)3-5-14/h2-7,13H,8-9H2,1H3. The lowest BCUT2D eigenvalue weighted by Gasteiger charge is -2.37. The highest BCUT2D eigenvalue weighted by Gasteiger charge is 2.38. The first-order valence-electron chi connectivity index (χ1n) is 6.89. The molecule has 0 amide bonds. The van der Waals surface area contributed by atoms with Crippen LogP contribution in [0.2, 0.25) is 0 Å². The van der Waals surface area contributed by atoms with E-state index in [0.29, 0.717) is 11.5 Å². The average molecular weight is 339 g/mol. The zero-order valence-electron chi connectivity index (χ0n) is 12.2.